The van der Waals surface area contributed by atoms with Crippen molar-refractivity contribution < 1.29 is 9.18 Å². The highest BCUT2D eigenvalue weighted by atomic mass is 79.9. The summed E-state index contributed by atoms with van der Waals surface area (Å²) in [6, 6.07) is 4.51. The summed E-state index contributed by atoms with van der Waals surface area (Å²) < 4.78 is 15.0. The maximum Gasteiger partial charge on any atom is 0.250 e. The van der Waals surface area contributed by atoms with E-state index in [0.717, 1.165) is 14.6 Å². The number of nitrogens with zero attached hydrogens (tertiary/aromatic N) is 2. The van der Waals surface area contributed by atoms with Gasteiger partial charge >= 0.3 is 0 Å². The van der Waals surface area contributed by atoms with E-state index in [1.165, 1.54) is 41.3 Å². The summed E-state index contributed by atoms with van der Waals surface area (Å²) in [5.41, 5.74) is 0.323. The number of hydrogen-bond acceptors (Lipinski definition) is 5. The van der Waals surface area contributed by atoms with Crippen LogP contribution in [0.1, 0.15) is 5.56 Å². The van der Waals surface area contributed by atoms with Crippen LogP contribution in [0.3, 0.4) is 0 Å². The molecule has 114 valence electrons. The summed E-state index contributed by atoms with van der Waals surface area (Å²) in [5, 5.41) is 10.8. The van der Waals surface area contributed by atoms with Crippen LogP contribution in [-0.4, -0.2) is 21.9 Å². The first-order chi connectivity index (χ1) is 10.6. The Morgan fingerprint density at radius 2 is 2.32 bits per heavy atom. The van der Waals surface area contributed by atoms with Crippen LogP contribution in [0.5, 0.6) is 0 Å². The molecule has 4 nitrogen and oxygen atoms in total. The highest BCUT2D eigenvalue weighted by Gasteiger charge is 2.06. The zero-order valence-electron chi connectivity index (χ0n) is 11.3. The minimum atomic E-state index is -0.397. The number of anilines is 1. The number of nitrogens with one attached hydrogen (secondary N) is 1. The largest absolute Gasteiger partial charge is 0.297 e. The van der Waals surface area contributed by atoms with Crippen LogP contribution in [0.2, 0.25) is 0 Å². The Hall–Kier alpha value is -1.51. The Morgan fingerprint density at radius 1 is 1.50 bits per heavy atom. The molecule has 1 aromatic heterocycles. The van der Waals surface area contributed by atoms with Crippen molar-refractivity contribution in [3.8, 4) is 0 Å². The lowest BCUT2D eigenvalue weighted by Gasteiger charge is -1.98. The first kappa shape index (κ1) is 16.9. The average molecular weight is 400 g/mol. The van der Waals surface area contributed by atoms with Crippen LogP contribution in [-0.2, 0) is 4.79 Å². The third kappa shape index (κ3) is 5.04. The van der Waals surface area contributed by atoms with Gasteiger partial charge in [-0.05, 0) is 24.3 Å². The van der Waals surface area contributed by atoms with Gasteiger partial charge in [-0.1, -0.05) is 45.1 Å². The van der Waals surface area contributed by atoms with Crippen LogP contribution in [0, 0.1) is 5.82 Å². The number of hydrogen-bond donors (Lipinski definition) is 1. The molecule has 0 spiro atoms. The van der Waals surface area contributed by atoms with Crippen LogP contribution >= 0.6 is 39.0 Å². The predicted molar refractivity (Wildman–Crippen MR) is 92.6 cm³/mol. The van der Waals surface area contributed by atoms with E-state index in [-0.39, 0.29) is 0 Å². The van der Waals surface area contributed by atoms with Crippen molar-refractivity contribution in [3.05, 3.63) is 52.8 Å². The molecule has 0 unspecified atom stereocenters. The number of halogens is 2. The van der Waals surface area contributed by atoms with Crippen molar-refractivity contribution >= 4 is 56.1 Å². The van der Waals surface area contributed by atoms with Crippen molar-refractivity contribution in [1.29, 1.82) is 0 Å². The maximum atomic E-state index is 13.5. The van der Waals surface area contributed by atoms with E-state index in [1.807, 2.05) is 0 Å². The van der Waals surface area contributed by atoms with Crippen LogP contribution in [0.15, 0.2) is 45.7 Å². The van der Waals surface area contributed by atoms with Crippen molar-refractivity contribution in [1.82, 2.24) is 10.2 Å². The smallest absolute Gasteiger partial charge is 0.250 e. The Labute approximate surface area is 143 Å². The van der Waals surface area contributed by atoms with Crippen LogP contribution in [0.25, 0.3) is 6.08 Å². The van der Waals surface area contributed by atoms with Gasteiger partial charge in [-0.3, -0.25) is 10.1 Å². The minimum absolute atomic E-state index is 0.323. The Morgan fingerprint density at radius 3 is 3.09 bits per heavy atom. The molecule has 2 rings (SSSR count). The molecule has 1 amide bonds. The highest BCUT2D eigenvalue weighted by molar-refractivity contribution is 9.10. The van der Waals surface area contributed by atoms with E-state index in [2.05, 4.69) is 38.0 Å². The van der Waals surface area contributed by atoms with Gasteiger partial charge in [-0.2, -0.15) is 0 Å². The summed E-state index contributed by atoms with van der Waals surface area (Å²) in [6.45, 7) is 3.62. The van der Waals surface area contributed by atoms with Crippen molar-refractivity contribution in [2.75, 3.05) is 11.1 Å². The molecule has 0 saturated heterocycles. The highest BCUT2D eigenvalue weighted by Crippen LogP contribution is 2.25. The SMILES string of the molecule is C=CCSc1nnc(NC(=O)/C=C/c2cc(Br)ccc2F)s1. The minimum Gasteiger partial charge on any atom is -0.297 e. The Bertz CT molecular complexity index is 718. The van der Waals surface area contributed by atoms with Gasteiger partial charge in [0.05, 0.1) is 0 Å². The van der Waals surface area contributed by atoms with E-state index in [4.69, 9.17) is 0 Å². The monoisotopic (exact) mass is 399 g/mol. The first-order valence-electron chi connectivity index (χ1n) is 6.10. The lowest BCUT2D eigenvalue weighted by molar-refractivity contribution is -0.111. The summed E-state index contributed by atoms with van der Waals surface area (Å²) in [5.74, 6) is -0.0629. The fourth-order valence-electron chi connectivity index (χ4n) is 1.40. The molecule has 0 bridgehead atoms. The number of carbonyl (C=O) groups is 1. The van der Waals surface area contributed by atoms with E-state index < -0.39 is 11.7 Å². The van der Waals surface area contributed by atoms with E-state index in [0.29, 0.717) is 10.7 Å². The molecule has 0 fully saturated rings. The zero-order chi connectivity index (χ0) is 15.9. The quantitative estimate of drug-likeness (QED) is 0.339. The standard InChI is InChI=1S/C14H11BrFN3OS2/c1-2-7-21-14-19-18-13(22-14)17-12(20)6-3-9-8-10(15)4-5-11(9)16/h2-6,8H,1,7H2,(H,17,18,20)/b6-3+. The van der Waals surface area contributed by atoms with Gasteiger partial charge in [0, 0.05) is 21.9 Å². The topological polar surface area (TPSA) is 54.9 Å². The lowest BCUT2D eigenvalue weighted by Crippen LogP contribution is -2.07. The number of carbonyl (C=O) groups excluding carboxylic acids is 1. The molecule has 0 aliphatic carbocycles. The molecule has 1 heterocycles. The van der Waals surface area contributed by atoms with Crippen molar-refractivity contribution in [2.45, 2.75) is 4.34 Å². The zero-order valence-corrected chi connectivity index (χ0v) is 14.5. The maximum absolute atomic E-state index is 13.5. The normalized spacial score (nSPS) is 10.8. The molecule has 0 saturated carbocycles. The fraction of sp³-hybridized carbons (Fsp3) is 0.0714. The Kier molecular flexibility index (Phi) is 6.29. The van der Waals surface area contributed by atoms with E-state index in [1.54, 1.807) is 18.2 Å². The second-order valence-corrected chi connectivity index (χ2v) is 7.12. The summed E-state index contributed by atoms with van der Waals surface area (Å²) >= 11 is 6.01. The van der Waals surface area contributed by atoms with Gasteiger partial charge in [-0.15, -0.1) is 16.8 Å². The molecular weight excluding hydrogens is 389 g/mol. The molecule has 0 aliphatic heterocycles. The number of aromatic nitrogens is 2. The van der Waals surface area contributed by atoms with Gasteiger partial charge in [0.15, 0.2) is 4.34 Å². The third-order valence-corrected chi connectivity index (χ3v) is 4.79. The first-order valence-corrected chi connectivity index (χ1v) is 8.69. The number of benzene rings is 1. The molecule has 0 atom stereocenters. The van der Waals surface area contributed by atoms with Gasteiger partial charge in [-0.25, -0.2) is 4.39 Å². The predicted octanol–water partition coefficient (Wildman–Crippen LogP) is 4.37. The third-order valence-electron chi connectivity index (χ3n) is 2.33. The second kappa shape index (κ2) is 8.21. The summed E-state index contributed by atoms with van der Waals surface area (Å²) in [4.78, 5) is 11.8. The number of rotatable bonds is 6. The van der Waals surface area contributed by atoms with Gasteiger partial charge in [0.25, 0.3) is 0 Å². The van der Waals surface area contributed by atoms with Crippen molar-refractivity contribution in [3.63, 3.8) is 0 Å². The molecule has 1 aromatic carbocycles. The summed E-state index contributed by atoms with van der Waals surface area (Å²) in [6.07, 6.45) is 4.42. The van der Waals surface area contributed by atoms with Crippen LogP contribution < -0.4 is 5.32 Å². The summed E-state index contributed by atoms with van der Waals surface area (Å²) in [7, 11) is 0. The molecule has 8 heteroatoms. The van der Waals surface area contributed by atoms with Gasteiger partial charge < -0.3 is 0 Å². The van der Waals surface area contributed by atoms with Gasteiger partial charge in [0.2, 0.25) is 11.0 Å². The van der Waals surface area contributed by atoms with E-state index in [9.17, 15) is 9.18 Å². The molecule has 0 radical (unpaired) electrons. The molecule has 0 aliphatic rings. The lowest BCUT2D eigenvalue weighted by atomic mass is 10.2. The fourth-order valence-corrected chi connectivity index (χ4v) is 3.30. The average Bonchev–Trinajstić information content (AvgIpc) is 2.93. The van der Waals surface area contributed by atoms with Gasteiger partial charge in [0.1, 0.15) is 5.82 Å². The second-order valence-electron chi connectivity index (χ2n) is 3.96. The van der Waals surface area contributed by atoms with E-state index >= 15 is 0 Å². The molecule has 1 N–H and O–H groups in total. The molecule has 2 aromatic rings. The van der Waals surface area contributed by atoms with Crippen LogP contribution in [0.4, 0.5) is 9.52 Å². The molecule has 22 heavy (non-hydrogen) atoms. The Balaban J connectivity index is 1.97. The molecular formula is C14H11BrFN3OS2. The van der Waals surface area contributed by atoms with Crippen molar-refractivity contribution in [2.24, 2.45) is 0 Å². The number of amides is 1. The number of thioether (sulfide) groups is 1.